The van der Waals surface area contributed by atoms with Gasteiger partial charge in [0, 0.05) is 26.2 Å². The lowest BCUT2D eigenvalue weighted by Gasteiger charge is -2.43. The summed E-state index contributed by atoms with van der Waals surface area (Å²) in [6.45, 7) is 4.94. The summed E-state index contributed by atoms with van der Waals surface area (Å²) in [5.41, 5.74) is -0.333. The number of aliphatic hydroxyl groups is 1. The summed E-state index contributed by atoms with van der Waals surface area (Å²) in [6.07, 6.45) is 0. The van der Waals surface area contributed by atoms with Gasteiger partial charge in [0.2, 0.25) is 0 Å². The van der Waals surface area contributed by atoms with E-state index in [2.05, 4.69) is 10.2 Å². The lowest BCUT2D eigenvalue weighted by atomic mass is 9.88. The van der Waals surface area contributed by atoms with Gasteiger partial charge in [-0.3, -0.25) is 4.90 Å². The number of nitrogens with zero attached hydrogens (tertiary/aromatic N) is 1. The molecule has 1 heterocycles. The molecule has 1 fully saturated rings. The summed E-state index contributed by atoms with van der Waals surface area (Å²) in [4.78, 5) is 2.10. The number of benzene rings is 1. The summed E-state index contributed by atoms with van der Waals surface area (Å²) in [5.74, 6) is 0.143. The molecule has 0 bridgehead atoms. The number of rotatable bonds is 4. The monoisotopic (exact) mass is 268 g/mol. The summed E-state index contributed by atoms with van der Waals surface area (Å²) >= 11 is 0. The van der Waals surface area contributed by atoms with Crippen LogP contribution in [0.5, 0.6) is 5.75 Å². The zero-order chi connectivity index (χ0) is 13.9. The largest absolute Gasteiger partial charge is 0.496 e. The lowest BCUT2D eigenvalue weighted by Crippen LogP contribution is -2.55. The first-order chi connectivity index (χ1) is 9.13. The first-order valence-corrected chi connectivity index (χ1v) is 6.53. The standard InChI is InChI=1S/C14H21FN2O2/c1-14(10-18,17-8-6-16-7-9-17)13-11(15)4-3-5-12(13)19-2/h3-5,16,18H,6-10H2,1-2H3. The molecule has 0 spiro atoms. The molecule has 2 N–H and O–H groups in total. The van der Waals surface area contributed by atoms with Crippen LogP contribution in [0.2, 0.25) is 0 Å². The molecule has 1 aliphatic heterocycles. The van der Waals surface area contributed by atoms with Gasteiger partial charge >= 0.3 is 0 Å². The van der Waals surface area contributed by atoms with Crippen LogP contribution < -0.4 is 10.1 Å². The van der Waals surface area contributed by atoms with Crippen molar-refractivity contribution >= 4 is 0 Å². The van der Waals surface area contributed by atoms with E-state index in [9.17, 15) is 9.50 Å². The van der Waals surface area contributed by atoms with E-state index in [-0.39, 0.29) is 12.4 Å². The third-order valence-corrected chi connectivity index (χ3v) is 3.86. The molecule has 1 unspecified atom stereocenters. The molecule has 1 aromatic rings. The summed E-state index contributed by atoms with van der Waals surface area (Å²) in [7, 11) is 1.52. The van der Waals surface area contributed by atoms with Crippen LogP contribution in [-0.4, -0.2) is 49.9 Å². The van der Waals surface area contributed by atoms with Gasteiger partial charge in [-0.15, -0.1) is 0 Å². The second kappa shape index (κ2) is 5.86. The highest BCUT2D eigenvalue weighted by Crippen LogP contribution is 2.36. The first-order valence-electron chi connectivity index (χ1n) is 6.53. The Balaban J connectivity index is 2.45. The predicted octanol–water partition coefficient (Wildman–Crippen LogP) is 0.947. The molecule has 5 heteroatoms. The SMILES string of the molecule is COc1cccc(F)c1C(C)(CO)N1CCNCC1. The van der Waals surface area contributed by atoms with Crippen molar-refractivity contribution in [3.8, 4) is 5.75 Å². The normalized spacial score (nSPS) is 20.0. The minimum Gasteiger partial charge on any atom is -0.496 e. The van der Waals surface area contributed by atoms with Gasteiger partial charge in [0.25, 0.3) is 0 Å². The zero-order valence-electron chi connectivity index (χ0n) is 11.4. The van der Waals surface area contributed by atoms with Crippen LogP contribution >= 0.6 is 0 Å². The summed E-state index contributed by atoms with van der Waals surface area (Å²) in [6, 6.07) is 4.76. The smallest absolute Gasteiger partial charge is 0.132 e. The number of halogens is 1. The fourth-order valence-electron chi connectivity index (χ4n) is 2.69. The molecule has 1 aliphatic rings. The number of hydrogen-bond acceptors (Lipinski definition) is 4. The van der Waals surface area contributed by atoms with Crippen LogP contribution in [0.1, 0.15) is 12.5 Å². The molecular weight excluding hydrogens is 247 g/mol. The van der Waals surface area contributed by atoms with Crippen LogP contribution in [0.3, 0.4) is 0 Å². The third-order valence-electron chi connectivity index (χ3n) is 3.86. The van der Waals surface area contributed by atoms with Crippen LogP contribution in [-0.2, 0) is 5.54 Å². The minimum atomic E-state index is -0.765. The van der Waals surface area contributed by atoms with E-state index in [0.29, 0.717) is 11.3 Å². The van der Waals surface area contributed by atoms with E-state index in [1.54, 1.807) is 12.1 Å². The van der Waals surface area contributed by atoms with Crippen molar-refractivity contribution in [3.05, 3.63) is 29.6 Å². The van der Waals surface area contributed by atoms with Crippen LogP contribution in [0.25, 0.3) is 0 Å². The Kier molecular flexibility index (Phi) is 4.39. The Morgan fingerprint density at radius 1 is 1.42 bits per heavy atom. The third kappa shape index (κ3) is 2.59. The Labute approximate surface area is 113 Å². The topological polar surface area (TPSA) is 44.7 Å². The number of piperazine rings is 1. The maximum atomic E-state index is 14.2. The predicted molar refractivity (Wildman–Crippen MR) is 71.8 cm³/mol. The van der Waals surface area contributed by atoms with Crippen molar-refractivity contribution in [3.63, 3.8) is 0 Å². The average Bonchev–Trinajstić information content (AvgIpc) is 2.47. The van der Waals surface area contributed by atoms with E-state index >= 15 is 0 Å². The molecule has 19 heavy (non-hydrogen) atoms. The van der Waals surface area contributed by atoms with Gasteiger partial charge in [-0.2, -0.15) is 0 Å². The molecular formula is C14H21FN2O2. The molecule has 2 rings (SSSR count). The van der Waals surface area contributed by atoms with Crippen molar-refractivity contribution in [1.29, 1.82) is 0 Å². The lowest BCUT2D eigenvalue weighted by molar-refractivity contribution is 0.0267. The fraction of sp³-hybridized carbons (Fsp3) is 0.571. The van der Waals surface area contributed by atoms with Gasteiger partial charge in [0.1, 0.15) is 11.6 Å². The average molecular weight is 268 g/mol. The zero-order valence-corrected chi connectivity index (χ0v) is 11.4. The maximum absolute atomic E-state index is 14.2. The van der Waals surface area contributed by atoms with E-state index < -0.39 is 5.54 Å². The first kappa shape index (κ1) is 14.2. The summed E-state index contributed by atoms with van der Waals surface area (Å²) < 4.78 is 19.5. The van der Waals surface area contributed by atoms with Crippen LogP contribution in [0, 0.1) is 5.82 Å². The Hall–Kier alpha value is -1.17. The number of ether oxygens (including phenoxy) is 1. The van der Waals surface area contributed by atoms with Crippen molar-refractivity contribution in [2.45, 2.75) is 12.5 Å². The minimum absolute atomic E-state index is 0.149. The van der Waals surface area contributed by atoms with Gasteiger partial charge in [-0.05, 0) is 19.1 Å². The van der Waals surface area contributed by atoms with Crippen molar-refractivity contribution in [2.75, 3.05) is 39.9 Å². The molecule has 4 nitrogen and oxygen atoms in total. The molecule has 1 saturated heterocycles. The molecule has 0 amide bonds. The quantitative estimate of drug-likeness (QED) is 0.853. The number of nitrogens with one attached hydrogen (secondary N) is 1. The second-order valence-electron chi connectivity index (χ2n) is 4.99. The van der Waals surface area contributed by atoms with Gasteiger partial charge in [-0.25, -0.2) is 4.39 Å². The van der Waals surface area contributed by atoms with Crippen molar-refractivity contribution in [1.82, 2.24) is 10.2 Å². The highest BCUT2D eigenvalue weighted by atomic mass is 19.1. The van der Waals surface area contributed by atoms with Crippen LogP contribution in [0.4, 0.5) is 4.39 Å². The fourth-order valence-corrected chi connectivity index (χ4v) is 2.69. The Morgan fingerprint density at radius 2 is 2.11 bits per heavy atom. The summed E-state index contributed by atoms with van der Waals surface area (Å²) in [5, 5.41) is 13.1. The van der Waals surface area contributed by atoms with E-state index in [0.717, 1.165) is 26.2 Å². The highest BCUT2D eigenvalue weighted by molar-refractivity contribution is 5.40. The molecule has 106 valence electrons. The van der Waals surface area contributed by atoms with E-state index in [1.807, 2.05) is 6.92 Å². The van der Waals surface area contributed by atoms with Crippen molar-refractivity contribution < 1.29 is 14.2 Å². The van der Waals surface area contributed by atoms with Gasteiger partial charge in [0.05, 0.1) is 24.8 Å². The Bertz CT molecular complexity index is 435. The Morgan fingerprint density at radius 3 is 2.68 bits per heavy atom. The van der Waals surface area contributed by atoms with Crippen molar-refractivity contribution in [2.24, 2.45) is 0 Å². The molecule has 1 aromatic carbocycles. The second-order valence-corrected chi connectivity index (χ2v) is 4.99. The molecule has 0 aliphatic carbocycles. The van der Waals surface area contributed by atoms with Gasteiger partial charge in [-0.1, -0.05) is 6.07 Å². The van der Waals surface area contributed by atoms with Crippen LogP contribution in [0.15, 0.2) is 18.2 Å². The number of methoxy groups -OCH3 is 1. The van der Waals surface area contributed by atoms with E-state index in [1.165, 1.54) is 13.2 Å². The molecule has 1 atom stereocenters. The molecule has 0 aromatic heterocycles. The molecule has 0 radical (unpaired) electrons. The van der Waals surface area contributed by atoms with E-state index in [4.69, 9.17) is 4.74 Å². The van der Waals surface area contributed by atoms with Gasteiger partial charge in [0.15, 0.2) is 0 Å². The van der Waals surface area contributed by atoms with Gasteiger partial charge < -0.3 is 15.2 Å². The number of hydrogen-bond donors (Lipinski definition) is 2. The number of aliphatic hydroxyl groups excluding tert-OH is 1. The molecule has 0 saturated carbocycles. The maximum Gasteiger partial charge on any atom is 0.132 e. The highest BCUT2D eigenvalue weighted by Gasteiger charge is 2.38.